The van der Waals surface area contributed by atoms with Crippen molar-refractivity contribution in [2.75, 3.05) is 6.54 Å². The van der Waals surface area contributed by atoms with Gasteiger partial charge in [-0.05, 0) is 32.1 Å². The van der Waals surface area contributed by atoms with Crippen LogP contribution in [0.2, 0.25) is 0 Å². The van der Waals surface area contributed by atoms with E-state index in [4.69, 9.17) is 5.73 Å². The Morgan fingerprint density at radius 3 is 2.77 bits per heavy atom. The van der Waals surface area contributed by atoms with E-state index in [1.807, 2.05) is 6.92 Å². The van der Waals surface area contributed by atoms with Crippen molar-refractivity contribution < 1.29 is 5.11 Å². The molecule has 3 atom stereocenters. The van der Waals surface area contributed by atoms with E-state index in [-0.39, 0.29) is 11.5 Å². The largest absolute Gasteiger partial charge is 0.393 e. The van der Waals surface area contributed by atoms with Crippen LogP contribution in [0, 0.1) is 11.3 Å². The average Bonchev–Trinajstić information content (AvgIpc) is 2.17. The van der Waals surface area contributed by atoms with Gasteiger partial charge < -0.3 is 10.8 Å². The molecular formula is C11H21NO. The molecule has 0 fully saturated rings. The van der Waals surface area contributed by atoms with Gasteiger partial charge in [0.25, 0.3) is 0 Å². The molecule has 0 amide bonds. The zero-order valence-electron chi connectivity index (χ0n) is 8.66. The predicted octanol–water partition coefficient (Wildman–Crippen LogP) is 1.69. The molecule has 0 saturated carbocycles. The lowest BCUT2D eigenvalue weighted by Crippen LogP contribution is -2.43. The fourth-order valence-electron chi connectivity index (χ4n) is 1.99. The van der Waals surface area contributed by atoms with Gasteiger partial charge in [0, 0.05) is 12.0 Å². The molecule has 0 aliphatic heterocycles. The summed E-state index contributed by atoms with van der Waals surface area (Å²) in [5.41, 5.74) is 5.60. The SMILES string of the molecule is CC(O)C(C)(CN)C1C=CCCC1. The van der Waals surface area contributed by atoms with Gasteiger partial charge in [-0.1, -0.05) is 19.1 Å². The van der Waals surface area contributed by atoms with Crippen LogP contribution in [0.5, 0.6) is 0 Å². The van der Waals surface area contributed by atoms with Crippen LogP contribution in [0.4, 0.5) is 0 Å². The summed E-state index contributed by atoms with van der Waals surface area (Å²) in [5, 5.41) is 9.71. The maximum Gasteiger partial charge on any atom is 0.0583 e. The summed E-state index contributed by atoms with van der Waals surface area (Å²) in [4.78, 5) is 0. The molecule has 2 nitrogen and oxygen atoms in total. The van der Waals surface area contributed by atoms with Crippen LogP contribution in [0.1, 0.15) is 33.1 Å². The van der Waals surface area contributed by atoms with Crippen LogP contribution in [0.25, 0.3) is 0 Å². The molecule has 0 heterocycles. The highest BCUT2D eigenvalue weighted by Crippen LogP contribution is 2.36. The molecule has 2 heteroatoms. The highest BCUT2D eigenvalue weighted by atomic mass is 16.3. The molecule has 0 saturated heterocycles. The number of rotatable bonds is 3. The van der Waals surface area contributed by atoms with Crippen molar-refractivity contribution in [3.8, 4) is 0 Å². The number of allylic oxidation sites excluding steroid dienone is 2. The fraction of sp³-hybridized carbons (Fsp3) is 0.818. The second kappa shape index (κ2) is 4.25. The first-order valence-electron chi connectivity index (χ1n) is 5.16. The maximum absolute atomic E-state index is 9.71. The van der Waals surface area contributed by atoms with Gasteiger partial charge in [0.05, 0.1) is 6.10 Å². The first kappa shape index (κ1) is 10.7. The molecule has 13 heavy (non-hydrogen) atoms. The molecule has 0 aromatic heterocycles. The molecule has 3 N–H and O–H groups in total. The van der Waals surface area contributed by atoms with Crippen molar-refractivity contribution in [3.05, 3.63) is 12.2 Å². The summed E-state index contributed by atoms with van der Waals surface area (Å²) in [5.74, 6) is 0.450. The molecule has 0 aromatic carbocycles. The Bertz CT molecular complexity index is 189. The van der Waals surface area contributed by atoms with E-state index in [1.165, 1.54) is 12.8 Å². The molecule has 1 aliphatic carbocycles. The standard InChI is InChI=1S/C11H21NO/c1-9(13)11(2,8-12)10-6-4-3-5-7-10/h4,6,9-10,13H,3,5,7-8,12H2,1-2H3. The summed E-state index contributed by atoms with van der Waals surface area (Å²) in [6.07, 6.45) is 7.67. The lowest BCUT2D eigenvalue weighted by atomic mass is 9.69. The van der Waals surface area contributed by atoms with Gasteiger partial charge >= 0.3 is 0 Å². The summed E-state index contributed by atoms with van der Waals surface area (Å²) >= 11 is 0. The molecule has 1 aliphatic rings. The summed E-state index contributed by atoms with van der Waals surface area (Å²) in [7, 11) is 0. The van der Waals surface area contributed by atoms with Gasteiger partial charge in [-0.25, -0.2) is 0 Å². The van der Waals surface area contributed by atoms with Crippen molar-refractivity contribution in [2.24, 2.45) is 17.1 Å². The average molecular weight is 183 g/mol. The number of aliphatic hydroxyl groups is 1. The molecule has 3 unspecified atom stereocenters. The molecule has 76 valence electrons. The van der Waals surface area contributed by atoms with Gasteiger partial charge in [0.2, 0.25) is 0 Å². The zero-order valence-corrected chi connectivity index (χ0v) is 8.66. The second-order valence-electron chi connectivity index (χ2n) is 4.35. The molecular weight excluding hydrogens is 162 g/mol. The normalized spacial score (nSPS) is 29.7. The molecule has 1 rings (SSSR count). The van der Waals surface area contributed by atoms with Gasteiger partial charge in [0.15, 0.2) is 0 Å². The summed E-state index contributed by atoms with van der Waals surface area (Å²) < 4.78 is 0. The Morgan fingerprint density at radius 2 is 2.38 bits per heavy atom. The lowest BCUT2D eigenvalue weighted by molar-refractivity contribution is 0.0226. The minimum absolute atomic E-state index is 0.142. The Kier molecular flexibility index (Phi) is 3.51. The third-order valence-electron chi connectivity index (χ3n) is 3.50. The van der Waals surface area contributed by atoms with E-state index in [2.05, 4.69) is 19.1 Å². The molecule has 0 bridgehead atoms. The quantitative estimate of drug-likeness (QED) is 0.654. The minimum atomic E-state index is -0.328. The third kappa shape index (κ3) is 2.12. The van der Waals surface area contributed by atoms with E-state index in [9.17, 15) is 5.11 Å². The number of hydrogen-bond donors (Lipinski definition) is 2. The van der Waals surface area contributed by atoms with E-state index in [0.717, 1.165) is 6.42 Å². The maximum atomic E-state index is 9.71. The fourth-order valence-corrected chi connectivity index (χ4v) is 1.99. The topological polar surface area (TPSA) is 46.2 Å². The van der Waals surface area contributed by atoms with Crippen LogP contribution in [0.15, 0.2) is 12.2 Å². The van der Waals surface area contributed by atoms with Gasteiger partial charge in [-0.2, -0.15) is 0 Å². The predicted molar refractivity (Wildman–Crippen MR) is 55.3 cm³/mol. The van der Waals surface area contributed by atoms with Gasteiger partial charge in [-0.15, -0.1) is 0 Å². The highest BCUT2D eigenvalue weighted by molar-refractivity contribution is 5.02. The van der Waals surface area contributed by atoms with Crippen molar-refractivity contribution in [1.82, 2.24) is 0 Å². The second-order valence-corrected chi connectivity index (χ2v) is 4.35. The Labute approximate surface area is 80.8 Å². The minimum Gasteiger partial charge on any atom is -0.393 e. The van der Waals surface area contributed by atoms with Crippen molar-refractivity contribution in [1.29, 1.82) is 0 Å². The molecule has 0 spiro atoms. The lowest BCUT2D eigenvalue weighted by Gasteiger charge is -2.39. The van der Waals surface area contributed by atoms with E-state index in [1.54, 1.807) is 0 Å². The Balaban J connectivity index is 2.74. The van der Waals surface area contributed by atoms with Crippen LogP contribution in [0.3, 0.4) is 0 Å². The zero-order chi connectivity index (χ0) is 9.90. The monoisotopic (exact) mass is 183 g/mol. The Morgan fingerprint density at radius 1 is 1.69 bits per heavy atom. The van der Waals surface area contributed by atoms with Crippen LogP contribution in [-0.2, 0) is 0 Å². The first-order valence-corrected chi connectivity index (χ1v) is 5.16. The van der Waals surface area contributed by atoms with Gasteiger partial charge in [-0.3, -0.25) is 0 Å². The van der Waals surface area contributed by atoms with Crippen molar-refractivity contribution in [3.63, 3.8) is 0 Å². The number of hydrogen-bond acceptors (Lipinski definition) is 2. The Hall–Kier alpha value is -0.340. The first-order chi connectivity index (χ1) is 6.11. The van der Waals surface area contributed by atoms with E-state index >= 15 is 0 Å². The van der Waals surface area contributed by atoms with Crippen molar-refractivity contribution >= 4 is 0 Å². The van der Waals surface area contributed by atoms with Crippen LogP contribution in [-0.4, -0.2) is 17.8 Å². The van der Waals surface area contributed by atoms with Crippen LogP contribution < -0.4 is 5.73 Å². The van der Waals surface area contributed by atoms with E-state index in [0.29, 0.717) is 12.5 Å². The number of nitrogens with two attached hydrogens (primary N) is 1. The number of aliphatic hydroxyl groups excluding tert-OH is 1. The summed E-state index contributed by atoms with van der Waals surface area (Å²) in [6.45, 7) is 4.48. The molecule has 0 radical (unpaired) electrons. The third-order valence-corrected chi connectivity index (χ3v) is 3.50. The van der Waals surface area contributed by atoms with Gasteiger partial charge in [0.1, 0.15) is 0 Å². The summed E-state index contributed by atoms with van der Waals surface area (Å²) in [6, 6.07) is 0. The van der Waals surface area contributed by atoms with Crippen LogP contribution >= 0.6 is 0 Å². The highest BCUT2D eigenvalue weighted by Gasteiger charge is 2.36. The molecule has 0 aromatic rings. The van der Waals surface area contributed by atoms with Crippen molar-refractivity contribution in [2.45, 2.75) is 39.2 Å². The smallest absolute Gasteiger partial charge is 0.0583 e. The van der Waals surface area contributed by atoms with E-state index < -0.39 is 0 Å².